The Labute approximate surface area is 135 Å². The van der Waals surface area contributed by atoms with Crippen LogP contribution >= 0.6 is 15.9 Å². The average molecular weight is 357 g/mol. The van der Waals surface area contributed by atoms with Crippen LogP contribution in [0.2, 0.25) is 0 Å². The average Bonchev–Trinajstić information content (AvgIpc) is 2.66. The fourth-order valence-corrected chi connectivity index (χ4v) is 3.14. The maximum absolute atomic E-state index is 12.2. The molecule has 0 radical (unpaired) electrons. The third kappa shape index (κ3) is 3.58. The SMILES string of the molecule is [2H]C(C)(O)C1(NC(=O)OC(C)(C)C)Cc2cccc(Br)c2C1. The summed E-state index contributed by atoms with van der Waals surface area (Å²) < 4.78 is 14.3. The summed E-state index contributed by atoms with van der Waals surface area (Å²) in [5.41, 5.74) is 0.274. The number of hydrogen-bond acceptors (Lipinski definition) is 3. The smallest absolute Gasteiger partial charge is 0.408 e. The molecule has 0 fully saturated rings. The van der Waals surface area contributed by atoms with Gasteiger partial charge < -0.3 is 15.2 Å². The van der Waals surface area contributed by atoms with Gasteiger partial charge in [0.05, 0.1) is 13.0 Å². The van der Waals surface area contributed by atoms with Crippen LogP contribution in [0.3, 0.4) is 0 Å². The zero-order valence-corrected chi connectivity index (χ0v) is 14.4. The van der Waals surface area contributed by atoms with E-state index in [4.69, 9.17) is 6.11 Å². The Kier molecular flexibility index (Phi) is 3.97. The van der Waals surface area contributed by atoms with E-state index in [1.807, 2.05) is 18.2 Å². The number of ether oxygens (including phenoxy) is 1. The number of halogens is 1. The zero-order chi connectivity index (χ0) is 16.8. The van der Waals surface area contributed by atoms with Gasteiger partial charge >= 0.3 is 6.09 Å². The summed E-state index contributed by atoms with van der Waals surface area (Å²) in [6.45, 7) is 6.72. The molecule has 1 amide bonds. The summed E-state index contributed by atoms with van der Waals surface area (Å²) in [6.07, 6.45) is -1.69. The Morgan fingerprint density at radius 2 is 2.19 bits per heavy atom. The van der Waals surface area contributed by atoms with E-state index < -0.39 is 23.3 Å². The predicted octanol–water partition coefficient (Wildman–Crippen LogP) is 3.19. The van der Waals surface area contributed by atoms with E-state index in [0.29, 0.717) is 12.8 Å². The normalized spacial score (nSPS) is 24.8. The monoisotopic (exact) mass is 356 g/mol. The minimum absolute atomic E-state index is 0.375. The molecule has 2 rings (SSSR count). The van der Waals surface area contributed by atoms with Gasteiger partial charge in [-0.15, -0.1) is 0 Å². The second kappa shape index (κ2) is 5.61. The summed E-state index contributed by atoms with van der Waals surface area (Å²) in [5.74, 6) is 0. The lowest BCUT2D eigenvalue weighted by molar-refractivity contribution is 0.0276. The Balaban J connectivity index is 2.30. The molecule has 21 heavy (non-hydrogen) atoms. The molecular formula is C16H22BrNO3. The maximum Gasteiger partial charge on any atom is 0.408 e. The summed E-state index contributed by atoms with van der Waals surface area (Å²) in [4.78, 5) is 12.2. The highest BCUT2D eigenvalue weighted by Crippen LogP contribution is 2.36. The molecule has 1 aliphatic rings. The Hall–Kier alpha value is -1.07. The summed E-state index contributed by atoms with van der Waals surface area (Å²) in [6, 6.07) is 5.77. The van der Waals surface area contributed by atoms with Gasteiger partial charge in [0.2, 0.25) is 0 Å². The van der Waals surface area contributed by atoms with E-state index in [0.717, 1.165) is 15.6 Å². The standard InChI is InChI=1S/C16H22BrNO3/c1-10(19)16(18-14(20)21-15(2,3)4)8-11-6-5-7-13(17)12(11)9-16/h5-7,10,19H,8-9H2,1-4H3,(H,18,20)/i10D. The summed E-state index contributed by atoms with van der Waals surface area (Å²) in [7, 11) is 0. The minimum atomic E-state index is -1.83. The van der Waals surface area contributed by atoms with E-state index in [1.165, 1.54) is 6.92 Å². The lowest BCUT2D eigenvalue weighted by atomic mass is 9.90. The summed E-state index contributed by atoms with van der Waals surface area (Å²) in [5, 5.41) is 13.1. The van der Waals surface area contributed by atoms with Gasteiger partial charge in [0.1, 0.15) is 5.60 Å². The number of rotatable bonds is 2. The van der Waals surface area contributed by atoms with Crippen LogP contribution in [0.15, 0.2) is 22.7 Å². The molecular weight excluding hydrogens is 334 g/mol. The second-order valence-electron chi connectivity index (χ2n) is 6.53. The molecule has 2 unspecified atom stereocenters. The molecule has 1 aromatic rings. The highest BCUT2D eigenvalue weighted by Gasteiger charge is 2.44. The first-order valence-electron chi connectivity index (χ1n) is 7.43. The van der Waals surface area contributed by atoms with Gasteiger partial charge in [0, 0.05) is 4.47 Å². The second-order valence-corrected chi connectivity index (χ2v) is 7.38. The molecule has 0 saturated heterocycles. The van der Waals surface area contributed by atoms with Gasteiger partial charge in [0.25, 0.3) is 0 Å². The van der Waals surface area contributed by atoms with Crippen LogP contribution in [0.25, 0.3) is 0 Å². The number of alkyl carbamates (subject to hydrolysis) is 1. The number of fused-ring (bicyclic) bond motifs is 1. The lowest BCUT2D eigenvalue weighted by Crippen LogP contribution is -2.57. The van der Waals surface area contributed by atoms with E-state index >= 15 is 0 Å². The van der Waals surface area contributed by atoms with Gasteiger partial charge in [-0.25, -0.2) is 4.79 Å². The highest BCUT2D eigenvalue weighted by molar-refractivity contribution is 9.10. The molecule has 0 saturated carbocycles. The molecule has 0 aliphatic heterocycles. The molecule has 5 heteroatoms. The van der Waals surface area contributed by atoms with Crippen molar-refractivity contribution in [1.29, 1.82) is 0 Å². The van der Waals surface area contributed by atoms with Crippen LogP contribution in [-0.2, 0) is 17.6 Å². The molecule has 4 nitrogen and oxygen atoms in total. The van der Waals surface area contributed by atoms with E-state index in [1.54, 1.807) is 20.8 Å². The van der Waals surface area contributed by atoms with Crippen molar-refractivity contribution >= 4 is 22.0 Å². The van der Waals surface area contributed by atoms with Crippen molar-refractivity contribution in [1.82, 2.24) is 5.32 Å². The van der Waals surface area contributed by atoms with Crippen LogP contribution in [0.4, 0.5) is 4.79 Å². The number of carbonyl (C=O) groups excluding carboxylic acids is 1. The van der Waals surface area contributed by atoms with Crippen LogP contribution in [-0.4, -0.2) is 28.4 Å². The first-order valence-corrected chi connectivity index (χ1v) is 7.73. The number of benzene rings is 1. The fraction of sp³-hybridized carbons (Fsp3) is 0.562. The van der Waals surface area contributed by atoms with Crippen molar-refractivity contribution in [3.8, 4) is 0 Å². The predicted molar refractivity (Wildman–Crippen MR) is 85.3 cm³/mol. The van der Waals surface area contributed by atoms with Crippen LogP contribution in [0.5, 0.6) is 0 Å². The van der Waals surface area contributed by atoms with E-state index in [-0.39, 0.29) is 0 Å². The number of amides is 1. The van der Waals surface area contributed by atoms with Gasteiger partial charge in [-0.3, -0.25) is 0 Å². The van der Waals surface area contributed by atoms with Crippen molar-refractivity contribution in [3.63, 3.8) is 0 Å². The first kappa shape index (κ1) is 14.9. The van der Waals surface area contributed by atoms with Crippen molar-refractivity contribution in [3.05, 3.63) is 33.8 Å². The number of hydrogen-bond donors (Lipinski definition) is 2. The van der Waals surface area contributed by atoms with Gasteiger partial charge in [-0.05, 0) is 57.7 Å². The first-order chi connectivity index (χ1) is 9.94. The van der Waals surface area contributed by atoms with Crippen molar-refractivity contribution < 1.29 is 16.0 Å². The Morgan fingerprint density at radius 3 is 2.71 bits per heavy atom. The minimum Gasteiger partial charge on any atom is -0.444 e. The molecule has 116 valence electrons. The van der Waals surface area contributed by atoms with E-state index in [9.17, 15) is 9.90 Å². The molecule has 0 heterocycles. The van der Waals surface area contributed by atoms with Gasteiger partial charge in [0.15, 0.2) is 0 Å². The van der Waals surface area contributed by atoms with Crippen LogP contribution < -0.4 is 5.32 Å². The van der Waals surface area contributed by atoms with Crippen LogP contribution in [0, 0.1) is 0 Å². The number of aliphatic hydroxyl groups is 1. The quantitative estimate of drug-likeness (QED) is 0.855. The van der Waals surface area contributed by atoms with Gasteiger partial charge in [-0.1, -0.05) is 28.1 Å². The highest BCUT2D eigenvalue weighted by atomic mass is 79.9. The topological polar surface area (TPSA) is 58.6 Å². The molecule has 2 N–H and O–H groups in total. The van der Waals surface area contributed by atoms with Gasteiger partial charge in [-0.2, -0.15) is 0 Å². The lowest BCUT2D eigenvalue weighted by Gasteiger charge is -2.34. The molecule has 1 aromatic carbocycles. The number of nitrogens with one attached hydrogen (secondary N) is 1. The molecule has 0 spiro atoms. The van der Waals surface area contributed by atoms with Crippen LogP contribution in [0.1, 0.15) is 40.2 Å². The number of carbonyl (C=O) groups is 1. The zero-order valence-electron chi connectivity index (χ0n) is 13.8. The third-order valence-corrected chi connectivity index (χ3v) is 4.36. The van der Waals surface area contributed by atoms with Crippen molar-refractivity contribution in [2.75, 3.05) is 0 Å². The Bertz CT molecular complexity index is 592. The van der Waals surface area contributed by atoms with Crippen molar-refractivity contribution in [2.24, 2.45) is 0 Å². The maximum atomic E-state index is 12.2. The molecule has 1 aliphatic carbocycles. The third-order valence-electron chi connectivity index (χ3n) is 3.62. The van der Waals surface area contributed by atoms with Crippen molar-refractivity contribution in [2.45, 2.75) is 57.8 Å². The Morgan fingerprint density at radius 1 is 1.52 bits per heavy atom. The van der Waals surface area contributed by atoms with E-state index in [2.05, 4.69) is 21.2 Å². The molecule has 0 aromatic heterocycles. The molecule has 2 atom stereocenters. The molecule has 0 bridgehead atoms. The summed E-state index contributed by atoms with van der Waals surface area (Å²) >= 11 is 3.49. The fourth-order valence-electron chi connectivity index (χ4n) is 2.59. The largest absolute Gasteiger partial charge is 0.444 e.